The monoisotopic (exact) mass is 588 g/mol. The molecule has 3 rings (SSSR count). The number of nitrogen functional groups attached to an aromatic ring is 1. The summed E-state index contributed by atoms with van der Waals surface area (Å²) in [6.07, 6.45) is -2.05. The zero-order valence-corrected chi connectivity index (χ0v) is 20.3. The predicted molar refractivity (Wildman–Crippen MR) is 110 cm³/mol. The van der Waals surface area contributed by atoms with Gasteiger partial charge in [0.2, 0.25) is 5.95 Å². The van der Waals surface area contributed by atoms with Gasteiger partial charge in [0, 0.05) is 0 Å². The molecule has 0 bridgehead atoms. The third-order valence-electron chi connectivity index (χ3n) is 4.12. The van der Waals surface area contributed by atoms with Crippen molar-refractivity contribution < 1.29 is 70.4 Å². The Morgan fingerprint density at radius 3 is 2.46 bits per heavy atom. The summed E-state index contributed by atoms with van der Waals surface area (Å²) in [5, 5.41) is 0. The maximum atomic E-state index is 12.0. The summed E-state index contributed by atoms with van der Waals surface area (Å²) in [5.74, 6) is -0.297. The molecule has 1 fully saturated rings. The fourth-order valence-electron chi connectivity index (χ4n) is 3.00. The number of aromatic amines is 1. The molecule has 0 spiro atoms. The van der Waals surface area contributed by atoms with Crippen LogP contribution in [0.15, 0.2) is 11.1 Å². The van der Waals surface area contributed by atoms with Gasteiger partial charge in [0.1, 0.15) is 18.8 Å². The Bertz CT molecular complexity index is 1280. The first-order valence-corrected chi connectivity index (χ1v) is 14.8. The lowest BCUT2D eigenvalue weighted by molar-refractivity contribution is -0.00285. The van der Waals surface area contributed by atoms with Crippen LogP contribution in [0.5, 0.6) is 0 Å². The van der Waals surface area contributed by atoms with E-state index in [-0.39, 0.29) is 23.7 Å². The number of phosphoric acid groups is 3. The third-order valence-corrected chi connectivity index (χ3v) is 8.48. The van der Waals surface area contributed by atoms with E-state index in [0.29, 0.717) is 0 Å². The summed E-state index contributed by atoms with van der Waals surface area (Å²) in [6.45, 7) is -1.37. The fourth-order valence-corrected chi connectivity index (χ4v) is 6.66. The number of aromatic nitrogens is 4. The quantitative estimate of drug-likeness (QED) is 0.136. The number of hydrogen-bond donors (Lipinski definition) is 9. The van der Waals surface area contributed by atoms with Gasteiger partial charge in [-0.1, -0.05) is 0 Å². The standard InChI is InChI=1S/C10H17N5O16P4/c11-10-13-8-6(9(16)14-10)12-3-15(8)4-1-27-5(7(4)29-32(17,18)19)2-28-34(23,24)31-35(25,26)30-33(20,21)22/h3-5,7,23-24H,1-2H2,(H7-,11,13,14,16,17,18,19,20,21,22,25,26)/p+1/t4?,5-,7?/m1/s1. The van der Waals surface area contributed by atoms with Crippen molar-refractivity contribution in [3.63, 3.8) is 0 Å². The Balaban J connectivity index is 1.82. The molecular weight excluding hydrogens is 570 g/mol. The molecule has 0 radical (unpaired) electrons. The second kappa shape index (κ2) is 9.92. The first kappa shape index (κ1) is 28.4. The predicted octanol–water partition coefficient (Wildman–Crippen LogP) is -1.98. The van der Waals surface area contributed by atoms with E-state index in [0.717, 1.165) is 10.9 Å². The highest BCUT2D eigenvalue weighted by molar-refractivity contribution is 7.68. The Morgan fingerprint density at radius 1 is 1.20 bits per heavy atom. The van der Waals surface area contributed by atoms with Gasteiger partial charge in [-0.05, 0) is 4.31 Å². The molecule has 4 atom stereocenters. The Labute approximate surface area is 193 Å². The molecule has 10 N–H and O–H groups in total. The minimum Gasteiger partial charge on any atom is -0.371 e. The van der Waals surface area contributed by atoms with E-state index >= 15 is 0 Å². The number of H-pyrrole nitrogens is 1. The van der Waals surface area contributed by atoms with E-state index in [9.17, 15) is 43.0 Å². The van der Waals surface area contributed by atoms with Gasteiger partial charge in [-0.15, -0.1) is 0 Å². The topological polar surface area (TPSA) is 329 Å². The first-order valence-electron chi connectivity index (χ1n) is 8.74. The van der Waals surface area contributed by atoms with Crippen LogP contribution in [0, 0.1) is 0 Å². The summed E-state index contributed by atoms with van der Waals surface area (Å²) in [4.78, 5) is 86.3. The zero-order chi connectivity index (χ0) is 26.4. The van der Waals surface area contributed by atoms with Gasteiger partial charge in [0.15, 0.2) is 11.2 Å². The zero-order valence-electron chi connectivity index (χ0n) is 16.7. The van der Waals surface area contributed by atoms with Gasteiger partial charge < -0.3 is 34.6 Å². The fraction of sp³-hybridized carbons (Fsp3) is 0.500. The average molecular weight is 588 g/mol. The second-order valence-electron chi connectivity index (χ2n) is 6.68. The summed E-state index contributed by atoms with van der Waals surface area (Å²) in [5.41, 5.74) is 4.52. The molecule has 1 saturated heterocycles. The Morgan fingerprint density at radius 2 is 1.86 bits per heavy atom. The number of nitrogens with one attached hydrogen (secondary N) is 1. The van der Waals surface area contributed by atoms with Crippen LogP contribution in [0.25, 0.3) is 11.2 Å². The molecule has 0 aromatic carbocycles. The van der Waals surface area contributed by atoms with Crippen LogP contribution in [0.3, 0.4) is 0 Å². The maximum absolute atomic E-state index is 12.0. The van der Waals surface area contributed by atoms with Crippen molar-refractivity contribution in [1.29, 1.82) is 0 Å². The highest BCUT2D eigenvalue weighted by Crippen LogP contribution is 2.69. The van der Waals surface area contributed by atoms with Crippen LogP contribution in [-0.2, 0) is 36.1 Å². The molecule has 3 heterocycles. The molecule has 2 aromatic rings. The van der Waals surface area contributed by atoms with Crippen molar-refractivity contribution in [1.82, 2.24) is 19.5 Å². The number of anilines is 1. The number of nitrogens with two attached hydrogens (primary N) is 1. The molecule has 0 amide bonds. The molecule has 2 aromatic heterocycles. The van der Waals surface area contributed by atoms with Crippen molar-refractivity contribution >= 4 is 48.8 Å². The number of imidazole rings is 1. The first-order chi connectivity index (χ1) is 15.9. The number of hydrogen-bond acceptors (Lipinski definition) is 14. The lowest BCUT2D eigenvalue weighted by Crippen LogP contribution is -2.34. The van der Waals surface area contributed by atoms with Crippen LogP contribution < -0.4 is 11.3 Å². The molecular formula is C10H18N5O16P4+. The summed E-state index contributed by atoms with van der Waals surface area (Å²) in [6, 6.07) is -1.14. The van der Waals surface area contributed by atoms with Gasteiger partial charge in [-0.3, -0.25) is 19.2 Å². The van der Waals surface area contributed by atoms with E-state index in [1.54, 1.807) is 0 Å². The lowest BCUT2D eigenvalue weighted by atomic mass is 10.1. The molecule has 25 heteroatoms. The van der Waals surface area contributed by atoms with Crippen molar-refractivity contribution in [2.24, 2.45) is 0 Å². The Hall–Kier alpha value is -1.21. The summed E-state index contributed by atoms with van der Waals surface area (Å²) in [7, 11) is -21.9. The van der Waals surface area contributed by atoms with Crippen molar-refractivity contribution in [3.05, 3.63) is 16.7 Å². The largest absolute Gasteiger partial charge is 0.580 e. The molecule has 0 aliphatic carbocycles. The van der Waals surface area contributed by atoms with E-state index in [4.69, 9.17) is 24.8 Å². The Kier molecular flexibility index (Phi) is 8.04. The lowest BCUT2D eigenvalue weighted by Gasteiger charge is -2.24. The molecule has 21 nitrogen and oxygen atoms in total. The van der Waals surface area contributed by atoms with Crippen molar-refractivity contribution in [2.75, 3.05) is 18.9 Å². The smallest absolute Gasteiger partial charge is 0.371 e. The SMILES string of the molecule is Nc1nc2c(ncn2C2CO[C@H](CO[P+](O)(O)OP(=O)(O)OP(=O)(O)O)C2OP(=O)(O)O)c(=O)[nH]1. The number of nitrogens with zero attached hydrogens (tertiary/aromatic N) is 3. The highest BCUT2D eigenvalue weighted by Gasteiger charge is 2.54. The molecule has 35 heavy (non-hydrogen) atoms. The van der Waals surface area contributed by atoms with Crippen LogP contribution in [-0.4, -0.2) is 79.2 Å². The molecule has 198 valence electrons. The van der Waals surface area contributed by atoms with Gasteiger partial charge in [-0.2, -0.15) is 23.6 Å². The van der Waals surface area contributed by atoms with Gasteiger partial charge in [0.25, 0.3) is 5.56 Å². The maximum Gasteiger partial charge on any atom is 0.580 e. The minimum atomic E-state index is -5.73. The van der Waals surface area contributed by atoms with Gasteiger partial charge in [0.05, 0.1) is 19.0 Å². The van der Waals surface area contributed by atoms with E-state index in [1.165, 1.54) is 0 Å². The number of fused-ring (bicyclic) bond motifs is 1. The van der Waals surface area contributed by atoms with Gasteiger partial charge >= 0.3 is 31.6 Å². The average Bonchev–Trinajstić information content (AvgIpc) is 3.19. The molecule has 1 aliphatic rings. The third kappa shape index (κ3) is 7.64. The second-order valence-corrected chi connectivity index (χ2v) is 12.3. The van der Waals surface area contributed by atoms with Crippen LogP contribution in [0.2, 0.25) is 0 Å². The molecule has 1 aliphatic heterocycles. The van der Waals surface area contributed by atoms with Crippen molar-refractivity contribution in [3.8, 4) is 0 Å². The van der Waals surface area contributed by atoms with Gasteiger partial charge in [-0.25, -0.2) is 18.7 Å². The van der Waals surface area contributed by atoms with E-state index in [2.05, 4.69) is 28.1 Å². The summed E-state index contributed by atoms with van der Waals surface area (Å²) >= 11 is 0. The van der Waals surface area contributed by atoms with Crippen molar-refractivity contribution in [2.45, 2.75) is 18.2 Å². The van der Waals surface area contributed by atoms with Crippen LogP contribution >= 0.6 is 31.6 Å². The van der Waals surface area contributed by atoms with E-state index in [1.807, 2.05) is 0 Å². The number of ether oxygens (including phenoxy) is 1. The summed E-state index contributed by atoms with van der Waals surface area (Å²) < 4.78 is 56.8. The number of phosphoric ester groups is 1. The molecule has 3 unspecified atom stereocenters. The number of rotatable bonds is 10. The van der Waals surface area contributed by atoms with Crippen LogP contribution in [0.1, 0.15) is 6.04 Å². The molecule has 0 saturated carbocycles. The van der Waals surface area contributed by atoms with Crippen LogP contribution in [0.4, 0.5) is 5.95 Å². The highest BCUT2D eigenvalue weighted by atomic mass is 31.3. The van der Waals surface area contributed by atoms with E-state index < -0.39 is 62.1 Å². The normalized spacial score (nSPS) is 23.6. The minimum absolute atomic E-state index is 0.106.